The van der Waals surface area contributed by atoms with Gasteiger partial charge in [-0.05, 0) is 63.2 Å². The van der Waals surface area contributed by atoms with Crippen molar-refractivity contribution < 1.29 is 23.8 Å². The number of hydrogen-bond acceptors (Lipinski definition) is 5. The molecular weight excluding hydrogens is 320 g/mol. The zero-order chi connectivity index (χ0) is 17.6. The largest absolute Gasteiger partial charge is 0.469 e. The summed E-state index contributed by atoms with van der Waals surface area (Å²) < 4.78 is 16.5. The highest BCUT2D eigenvalue weighted by atomic mass is 16.7. The zero-order valence-electron chi connectivity index (χ0n) is 15.2. The maximum absolute atomic E-state index is 11.7. The van der Waals surface area contributed by atoms with Crippen LogP contribution in [0.3, 0.4) is 0 Å². The molecule has 2 aliphatic carbocycles. The number of rotatable bonds is 7. The van der Waals surface area contributed by atoms with E-state index in [1.165, 1.54) is 12.7 Å². The second-order valence-corrected chi connectivity index (χ2v) is 7.58. The van der Waals surface area contributed by atoms with Crippen LogP contribution in [0, 0.1) is 17.8 Å². The first-order valence-electron chi connectivity index (χ1n) is 9.68. The van der Waals surface area contributed by atoms with Crippen molar-refractivity contribution >= 4 is 12.3 Å². The van der Waals surface area contributed by atoms with Crippen LogP contribution in [0.5, 0.6) is 0 Å². The van der Waals surface area contributed by atoms with E-state index in [2.05, 4.69) is 10.8 Å². The van der Waals surface area contributed by atoms with Gasteiger partial charge in [-0.2, -0.15) is 0 Å². The molecule has 1 aliphatic heterocycles. The van der Waals surface area contributed by atoms with Crippen molar-refractivity contribution in [2.24, 2.45) is 17.8 Å². The fourth-order valence-corrected chi connectivity index (χ4v) is 4.65. The van der Waals surface area contributed by atoms with Crippen molar-refractivity contribution in [3.05, 3.63) is 11.6 Å². The minimum absolute atomic E-state index is 0.00324. The predicted octanol–water partition coefficient (Wildman–Crippen LogP) is 3.41. The molecule has 0 N–H and O–H groups in total. The average Bonchev–Trinajstić information content (AvgIpc) is 3.16. The molecule has 3 aliphatic rings. The zero-order valence-corrected chi connectivity index (χ0v) is 15.2. The van der Waals surface area contributed by atoms with Crippen LogP contribution in [-0.4, -0.2) is 38.4 Å². The molecule has 140 valence electrons. The van der Waals surface area contributed by atoms with Crippen LogP contribution in [0.1, 0.15) is 57.8 Å². The molecule has 1 heterocycles. The second kappa shape index (κ2) is 8.95. The molecule has 2 saturated carbocycles. The number of hydrogen-bond donors (Lipinski definition) is 0. The molecule has 0 radical (unpaired) electrons. The quantitative estimate of drug-likeness (QED) is 0.305. The summed E-state index contributed by atoms with van der Waals surface area (Å²) in [6.45, 7) is 0.772. The molecule has 3 fully saturated rings. The van der Waals surface area contributed by atoms with Crippen LogP contribution in [0.15, 0.2) is 11.6 Å². The number of methoxy groups -OCH3 is 1. The Labute approximate surface area is 150 Å². The van der Waals surface area contributed by atoms with Gasteiger partial charge in [-0.1, -0.05) is 11.6 Å². The summed E-state index contributed by atoms with van der Waals surface area (Å²) in [4.78, 5) is 22.8. The van der Waals surface area contributed by atoms with Gasteiger partial charge in [0.25, 0.3) is 0 Å². The van der Waals surface area contributed by atoms with Crippen LogP contribution in [0.25, 0.3) is 0 Å². The molecule has 0 spiro atoms. The topological polar surface area (TPSA) is 61.8 Å². The molecule has 25 heavy (non-hydrogen) atoms. The van der Waals surface area contributed by atoms with Gasteiger partial charge >= 0.3 is 5.97 Å². The Bertz CT molecular complexity index is 494. The molecule has 0 aromatic heterocycles. The Morgan fingerprint density at radius 3 is 2.92 bits per heavy atom. The van der Waals surface area contributed by atoms with Gasteiger partial charge in [-0.15, -0.1) is 0 Å². The fourth-order valence-electron chi connectivity index (χ4n) is 4.65. The highest BCUT2D eigenvalue weighted by Gasteiger charge is 2.48. The molecule has 1 saturated heterocycles. The van der Waals surface area contributed by atoms with Crippen molar-refractivity contribution in [3.8, 4) is 0 Å². The fraction of sp³-hybridized carbons (Fsp3) is 0.800. The van der Waals surface area contributed by atoms with Gasteiger partial charge in [0.2, 0.25) is 0 Å². The Hall–Kier alpha value is -1.20. The van der Waals surface area contributed by atoms with Crippen LogP contribution in [-0.2, 0) is 23.8 Å². The van der Waals surface area contributed by atoms with E-state index in [1.807, 2.05) is 0 Å². The van der Waals surface area contributed by atoms with Crippen LogP contribution in [0.4, 0.5) is 0 Å². The van der Waals surface area contributed by atoms with Crippen molar-refractivity contribution in [2.45, 2.75) is 70.2 Å². The van der Waals surface area contributed by atoms with Crippen molar-refractivity contribution in [1.29, 1.82) is 0 Å². The van der Waals surface area contributed by atoms with Gasteiger partial charge in [0.1, 0.15) is 6.29 Å². The Morgan fingerprint density at radius 2 is 2.20 bits per heavy atom. The standard InChI is InChI=1S/C20H30O5/c1-23-19(22)7-3-2-6-14-10-15-12-18(17(13-21)16(15)11-14)25-20-8-4-5-9-24-20/h6,13,15-18,20H,2-5,7-12H2,1H3/b14-6-/t15-,16-,17+,18+,20?/m0/s1. The lowest BCUT2D eigenvalue weighted by molar-refractivity contribution is -0.194. The summed E-state index contributed by atoms with van der Waals surface area (Å²) in [5.41, 5.74) is 1.44. The lowest BCUT2D eigenvalue weighted by atomic mass is 9.92. The van der Waals surface area contributed by atoms with E-state index >= 15 is 0 Å². The van der Waals surface area contributed by atoms with Gasteiger partial charge in [0.05, 0.1) is 13.2 Å². The Balaban J connectivity index is 1.48. The van der Waals surface area contributed by atoms with Gasteiger partial charge in [0, 0.05) is 18.9 Å². The van der Waals surface area contributed by atoms with Crippen molar-refractivity contribution in [1.82, 2.24) is 0 Å². The van der Waals surface area contributed by atoms with E-state index in [0.717, 1.165) is 64.3 Å². The van der Waals surface area contributed by atoms with Crippen molar-refractivity contribution in [2.75, 3.05) is 13.7 Å². The third-order valence-electron chi connectivity index (χ3n) is 5.95. The van der Waals surface area contributed by atoms with E-state index < -0.39 is 0 Å². The number of ether oxygens (including phenoxy) is 3. The summed E-state index contributed by atoms with van der Waals surface area (Å²) in [5, 5.41) is 0. The first-order chi connectivity index (χ1) is 12.2. The second-order valence-electron chi connectivity index (χ2n) is 7.58. The highest BCUT2D eigenvalue weighted by Crippen LogP contribution is 2.50. The summed E-state index contributed by atoms with van der Waals surface area (Å²) in [6.07, 6.45) is 11.7. The number of allylic oxidation sites excluding steroid dienone is 2. The molecule has 1 unspecified atom stereocenters. The lowest BCUT2D eigenvalue weighted by Crippen LogP contribution is -2.32. The predicted molar refractivity (Wildman–Crippen MR) is 92.8 cm³/mol. The average molecular weight is 350 g/mol. The lowest BCUT2D eigenvalue weighted by Gasteiger charge is -2.28. The van der Waals surface area contributed by atoms with Crippen molar-refractivity contribution in [3.63, 3.8) is 0 Å². The number of carbonyl (C=O) groups excluding carboxylic acids is 2. The SMILES string of the molecule is COC(=O)CCC/C=C1/C[C@H]2C[C@@H](OC3CCCCO3)[C@H](C=O)[C@H]2C1. The summed E-state index contributed by atoms with van der Waals surface area (Å²) in [5.74, 6) is 0.817. The molecule has 0 aromatic rings. The molecule has 3 rings (SSSR count). The smallest absolute Gasteiger partial charge is 0.305 e. The number of unbranched alkanes of at least 4 members (excludes halogenated alkanes) is 1. The van der Waals surface area contributed by atoms with E-state index in [1.54, 1.807) is 0 Å². The Kier molecular flexibility index (Phi) is 6.65. The van der Waals surface area contributed by atoms with Crippen LogP contribution in [0.2, 0.25) is 0 Å². The monoisotopic (exact) mass is 350 g/mol. The minimum Gasteiger partial charge on any atom is -0.469 e. The van der Waals surface area contributed by atoms with E-state index in [0.29, 0.717) is 18.3 Å². The Morgan fingerprint density at radius 1 is 1.32 bits per heavy atom. The third-order valence-corrected chi connectivity index (χ3v) is 5.95. The molecule has 0 amide bonds. The number of carbonyl (C=O) groups is 2. The number of fused-ring (bicyclic) bond motifs is 1. The number of esters is 1. The number of aldehydes is 1. The van der Waals surface area contributed by atoms with E-state index in [4.69, 9.17) is 9.47 Å². The molecule has 5 heteroatoms. The maximum Gasteiger partial charge on any atom is 0.305 e. The minimum atomic E-state index is -0.146. The summed E-state index contributed by atoms with van der Waals surface area (Å²) in [6, 6.07) is 0. The highest BCUT2D eigenvalue weighted by molar-refractivity contribution is 5.69. The van der Waals surface area contributed by atoms with Gasteiger partial charge in [-0.25, -0.2) is 0 Å². The third kappa shape index (κ3) is 4.70. The summed E-state index contributed by atoms with van der Waals surface area (Å²) >= 11 is 0. The van der Waals surface area contributed by atoms with E-state index in [9.17, 15) is 9.59 Å². The van der Waals surface area contributed by atoms with Crippen LogP contribution < -0.4 is 0 Å². The van der Waals surface area contributed by atoms with Gasteiger partial charge in [0.15, 0.2) is 6.29 Å². The van der Waals surface area contributed by atoms with Gasteiger partial charge in [-0.3, -0.25) is 4.79 Å². The molecule has 0 bridgehead atoms. The molecule has 5 nitrogen and oxygen atoms in total. The van der Waals surface area contributed by atoms with E-state index in [-0.39, 0.29) is 24.3 Å². The summed E-state index contributed by atoms with van der Waals surface area (Å²) in [7, 11) is 1.43. The molecular formula is C20H30O5. The van der Waals surface area contributed by atoms with Crippen LogP contribution >= 0.6 is 0 Å². The normalized spacial score (nSPS) is 36.4. The molecule has 0 aromatic carbocycles. The maximum atomic E-state index is 11.7. The van der Waals surface area contributed by atoms with Gasteiger partial charge < -0.3 is 19.0 Å². The first-order valence-corrected chi connectivity index (χ1v) is 9.68. The molecule has 5 atom stereocenters. The first kappa shape index (κ1) is 18.6.